The van der Waals surface area contributed by atoms with Crippen LogP contribution in [0.4, 0.5) is 0 Å². The zero-order chi connectivity index (χ0) is 14.9. The lowest BCUT2D eigenvalue weighted by atomic mass is 10.0. The van der Waals surface area contributed by atoms with Crippen LogP contribution in [-0.2, 0) is 13.0 Å². The predicted molar refractivity (Wildman–Crippen MR) is 84.6 cm³/mol. The van der Waals surface area contributed by atoms with Crippen molar-refractivity contribution >= 4 is 33.3 Å². The average Bonchev–Trinajstić information content (AvgIpc) is 2.69. The molecule has 0 unspecified atom stereocenters. The van der Waals surface area contributed by atoms with E-state index in [2.05, 4.69) is 21.0 Å². The molecule has 0 aliphatic heterocycles. The first-order chi connectivity index (χ1) is 9.43. The summed E-state index contributed by atoms with van der Waals surface area (Å²) in [6.45, 7) is 6.48. The summed E-state index contributed by atoms with van der Waals surface area (Å²) >= 11 is 9.65. The van der Waals surface area contributed by atoms with Gasteiger partial charge in [0.1, 0.15) is 0 Å². The monoisotopic (exact) mass is 354 g/mol. The van der Waals surface area contributed by atoms with E-state index in [0.29, 0.717) is 11.6 Å². The fourth-order valence-electron chi connectivity index (χ4n) is 2.18. The Bertz CT molecular complexity index is 664. The van der Waals surface area contributed by atoms with Gasteiger partial charge in [0.25, 0.3) is 0 Å². The van der Waals surface area contributed by atoms with Crippen molar-refractivity contribution in [2.24, 2.45) is 0 Å². The van der Waals surface area contributed by atoms with E-state index in [0.717, 1.165) is 27.0 Å². The van der Waals surface area contributed by atoms with Crippen LogP contribution in [0.15, 0.2) is 22.7 Å². The molecule has 0 atom stereocenters. The van der Waals surface area contributed by atoms with Gasteiger partial charge in [-0.25, -0.2) is 0 Å². The number of rotatable bonds is 4. The van der Waals surface area contributed by atoms with Gasteiger partial charge in [-0.1, -0.05) is 33.6 Å². The Balaban J connectivity index is 2.35. The highest BCUT2D eigenvalue weighted by atomic mass is 79.9. The van der Waals surface area contributed by atoms with Crippen molar-refractivity contribution in [1.82, 2.24) is 9.78 Å². The smallest absolute Gasteiger partial charge is 0.169 e. The van der Waals surface area contributed by atoms with Gasteiger partial charge in [-0.05, 0) is 38.5 Å². The first kappa shape index (κ1) is 15.3. The molecular formula is C15H16BrClN2O. The minimum atomic E-state index is 0.0558. The lowest BCUT2D eigenvalue weighted by Gasteiger charge is -2.08. The van der Waals surface area contributed by atoms with Crippen LogP contribution in [0.25, 0.3) is 0 Å². The summed E-state index contributed by atoms with van der Waals surface area (Å²) in [5, 5.41) is 4.93. The zero-order valence-electron chi connectivity index (χ0n) is 11.7. The Hall–Kier alpha value is -1.13. The Morgan fingerprint density at radius 1 is 1.40 bits per heavy atom. The van der Waals surface area contributed by atoms with Gasteiger partial charge < -0.3 is 0 Å². The molecule has 0 saturated heterocycles. The van der Waals surface area contributed by atoms with Crippen LogP contribution in [0, 0.1) is 13.8 Å². The molecule has 1 heterocycles. The summed E-state index contributed by atoms with van der Waals surface area (Å²) in [4.78, 5) is 12.5. The minimum Gasteiger partial charge on any atom is -0.294 e. The second-order valence-corrected chi connectivity index (χ2v) is 6.01. The Labute approximate surface area is 132 Å². The number of Topliss-reactive ketones (excluding diaryl/α,β-unsaturated/α-hetero) is 1. The Morgan fingerprint density at radius 3 is 2.75 bits per heavy atom. The van der Waals surface area contributed by atoms with E-state index in [1.807, 2.05) is 39.0 Å². The molecule has 5 heteroatoms. The summed E-state index contributed by atoms with van der Waals surface area (Å²) in [7, 11) is 0. The van der Waals surface area contributed by atoms with Gasteiger partial charge in [0, 0.05) is 16.6 Å². The van der Waals surface area contributed by atoms with Crippen LogP contribution in [0.5, 0.6) is 0 Å². The highest BCUT2D eigenvalue weighted by Crippen LogP contribution is 2.23. The Morgan fingerprint density at radius 2 is 2.10 bits per heavy atom. The first-order valence-electron chi connectivity index (χ1n) is 6.45. The quantitative estimate of drug-likeness (QED) is 0.764. The normalized spacial score (nSPS) is 10.8. The highest BCUT2D eigenvalue weighted by molar-refractivity contribution is 9.10. The molecule has 3 nitrogen and oxygen atoms in total. The molecule has 0 N–H and O–H groups in total. The van der Waals surface area contributed by atoms with Crippen molar-refractivity contribution in [3.05, 3.63) is 50.2 Å². The zero-order valence-corrected chi connectivity index (χ0v) is 14.0. The number of benzene rings is 1. The predicted octanol–water partition coefficient (Wildman–Crippen LogP) is 4.36. The molecule has 0 aliphatic rings. The number of aromatic nitrogens is 2. The van der Waals surface area contributed by atoms with Crippen molar-refractivity contribution in [3.8, 4) is 0 Å². The van der Waals surface area contributed by atoms with E-state index < -0.39 is 0 Å². The van der Waals surface area contributed by atoms with Gasteiger partial charge in [-0.15, -0.1) is 0 Å². The maximum Gasteiger partial charge on any atom is 0.169 e. The molecule has 0 bridgehead atoms. The summed E-state index contributed by atoms with van der Waals surface area (Å²) in [5.74, 6) is 0.0558. The third kappa shape index (κ3) is 2.96. The van der Waals surface area contributed by atoms with E-state index in [-0.39, 0.29) is 12.2 Å². The fourth-order valence-corrected chi connectivity index (χ4v) is 2.74. The van der Waals surface area contributed by atoms with Crippen LogP contribution < -0.4 is 0 Å². The molecule has 20 heavy (non-hydrogen) atoms. The first-order valence-corrected chi connectivity index (χ1v) is 7.62. The molecule has 2 aromatic rings. The number of halogens is 2. The molecule has 106 valence electrons. The molecular weight excluding hydrogens is 340 g/mol. The molecule has 0 spiro atoms. The van der Waals surface area contributed by atoms with Gasteiger partial charge in [0.15, 0.2) is 5.78 Å². The van der Waals surface area contributed by atoms with Crippen LogP contribution in [0.1, 0.15) is 34.2 Å². The minimum absolute atomic E-state index is 0.0558. The Kier molecular flexibility index (Phi) is 4.66. The number of aryl methyl sites for hydroxylation is 3. The number of nitrogens with zero attached hydrogens (tertiary/aromatic N) is 2. The van der Waals surface area contributed by atoms with E-state index in [1.165, 1.54) is 0 Å². The van der Waals surface area contributed by atoms with Gasteiger partial charge in [0.05, 0.1) is 22.8 Å². The molecule has 0 aliphatic carbocycles. The third-order valence-corrected chi connectivity index (χ3v) is 4.27. The molecule has 1 aromatic heterocycles. The standard InChI is InChI=1S/C15H16BrClN2O/c1-4-19-13(15(17)10(3)18-19)8-14(20)12-7-11(16)6-5-9(12)2/h5-7H,4,8H2,1-3H3. The number of carbonyl (C=O) groups is 1. The van der Waals surface area contributed by atoms with E-state index in [4.69, 9.17) is 11.6 Å². The summed E-state index contributed by atoms with van der Waals surface area (Å²) in [5.41, 5.74) is 3.24. The number of hydrogen-bond donors (Lipinski definition) is 0. The lowest BCUT2D eigenvalue weighted by molar-refractivity contribution is 0.0990. The third-order valence-electron chi connectivity index (χ3n) is 3.28. The number of carbonyl (C=O) groups excluding carboxylic acids is 1. The maximum atomic E-state index is 12.5. The van der Waals surface area contributed by atoms with Gasteiger partial charge in [0.2, 0.25) is 0 Å². The molecule has 0 amide bonds. The van der Waals surface area contributed by atoms with Crippen LogP contribution in [-0.4, -0.2) is 15.6 Å². The second-order valence-electron chi connectivity index (χ2n) is 4.72. The SMILES string of the molecule is CCn1nc(C)c(Cl)c1CC(=O)c1cc(Br)ccc1C. The molecule has 0 fully saturated rings. The van der Waals surface area contributed by atoms with Crippen LogP contribution >= 0.6 is 27.5 Å². The van der Waals surface area contributed by atoms with Gasteiger partial charge in [-0.3, -0.25) is 9.48 Å². The van der Waals surface area contributed by atoms with Gasteiger partial charge in [-0.2, -0.15) is 5.10 Å². The molecule has 2 rings (SSSR count). The number of hydrogen-bond acceptors (Lipinski definition) is 2. The molecule has 0 radical (unpaired) electrons. The summed E-state index contributed by atoms with van der Waals surface area (Å²) in [6.07, 6.45) is 0.269. The second kappa shape index (κ2) is 6.10. The lowest BCUT2D eigenvalue weighted by Crippen LogP contribution is -2.11. The van der Waals surface area contributed by atoms with E-state index in [1.54, 1.807) is 4.68 Å². The van der Waals surface area contributed by atoms with E-state index in [9.17, 15) is 4.79 Å². The topological polar surface area (TPSA) is 34.9 Å². The van der Waals surface area contributed by atoms with Crippen molar-refractivity contribution in [3.63, 3.8) is 0 Å². The summed E-state index contributed by atoms with van der Waals surface area (Å²) < 4.78 is 2.70. The van der Waals surface area contributed by atoms with Gasteiger partial charge >= 0.3 is 0 Å². The van der Waals surface area contributed by atoms with Crippen molar-refractivity contribution in [1.29, 1.82) is 0 Å². The van der Waals surface area contributed by atoms with Crippen molar-refractivity contribution in [2.75, 3.05) is 0 Å². The summed E-state index contributed by atoms with van der Waals surface area (Å²) in [6, 6.07) is 5.71. The van der Waals surface area contributed by atoms with Crippen LogP contribution in [0.3, 0.4) is 0 Å². The maximum absolute atomic E-state index is 12.5. The van der Waals surface area contributed by atoms with Crippen molar-refractivity contribution < 1.29 is 4.79 Å². The highest BCUT2D eigenvalue weighted by Gasteiger charge is 2.18. The molecule has 0 saturated carbocycles. The fraction of sp³-hybridized carbons (Fsp3) is 0.333. The molecule has 1 aromatic carbocycles. The van der Waals surface area contributed by atoms with Crippen molar-refractivity contribution in [2.45, 2.75) is 33.7 Å². The van der Waals surface area contributed by atoms with E-state index >= 15 is 0 Å². The van der Waals surface area contributed by atoms with Crippen LogP contribution in [0.2, 0.25) is 5.02 Å². The average molecular weight is 356 g/mol. The number of ketones is 1. The largest absolute Gasteiger partial charge is 0.294 e.